The van der Waals surface area contributed by atoms with Crippen molar-refractivity contribution in [3.8, 4) is 0 Å². The van der Waals surface area contributed by atoms with Gasteiger partial charge < -0.3 is 9.64 Å². The molecular formula is C20H26ClNO. The highest BCUT2D eigenvalue weighted by atomic mass is 35.5. The Morgan fingerprint density at radius 1 is 0.913 bits per heavy atom. The second-order valence-corrected chi connectivity index (χ2v) is 6.22. The van der Waals surface area contributed by atoms with E-state index in [0.29, 0.717) is 6.61 Å². The van der Waals surface area contributed by atoms with E-state index in [1.54, 1.807) is 0 Å². The van der Waals surface area contributed by atoms with Gasteiger partial charge in [-0.25, -0.2) is 0 Å². The molecule has 0 bridgehead atoms. The number of ether oxygens (including phenoxy) is 1. The fraction of sp³-hybridized carbons (Fsp3) is 0.400. The molecule has 0 spiro atoms. The maximum atomic E-state index is 6.39. The van der Waals surface area contributed by atoms with Crippen molar-refractivity contribution in [2.45, 2.75) is 26.4 Å². The Morgan fingerprint density at radius 3 is 2.04 bits per heavy atom. The summed E-state index contributed by atoms with van der Waals surface area (Å²) in [7, 11) is 0. The van der Waals surface area contributed by atoms with Crippen molar-refractivity contribution >= 4 is 11.6 Å². The number of nitrogens with zero attached hydrogens (tertiary/aromatic N) is 1. The third kappa shape index (κ3) is 4.57. The van der Waals surface area contributed by atoms with Crippen LogP contribution in [0.2, 0.25) is 5.02 Å². The quantitative estimate of drug-likeness (QED) is 0.677. The van der Waals surface area contributed by atoms with Crippen LogP contribution in [0.1, 0.15) is 31.9 Å². The number of rotatable bonds is 8. The number of halogens is 1. The van der Waals surface area contributed by atoms with Crippen LogP contribution < -0.4 is 0 Å². The zero-order valence-electron chi connectivity index (χ0n) is 14.3. The largest absolute Gasteiger partial charge is 0.365 e. The first-order valence-electron chi connectivity index (χ1n) is 8.28. The van der Waals surface area contributed by atoms with Gasteiger partial charge in [0.15, 0.2) is 0 Å². The van der Waals surface area contributed by atoms with Crippen LogP contribution in [0.15, 0.2) is 54.6 Å². The minimum absolute atomic E-state index is 0.473. The zero-order chi connectivity index (χ0) is 16.7. The summed E-state index contributed by atoms with van der Waals surface area (Å²) >= 11 is 6.04. The topological polar surface area (TPSA) is 12.5 Å². The Morgan fingerprint density at radius 2 is 1.48 bits per heavy atom. The molecule has 0 N–H and O–H groups in total. The molecule has 0 radical (unpaired) electrons. The van der Waals surface area contributed by atoms with Crippen molar-refractivity contribution in [2.75, 3.05) is 26.2 Å². The van der Waals surface area contributed by atoms with Crippen molar-refractivity contribution < 1.29 is 4.74 Å². The molecule has 23 heavy (non-hydrogen) atoms. The van der Waals surface area contributed by atoms with E-state index in [9.17, 15) is 0 Å². The fourth-order valence-corrected chi connectivity index (χ4v) is 2.90. The Bertz CT molecular complexity index is 580. The monoisotopic (exact) mass is 331 g/mol. The van der Waals surface area contributed by atoms with Gasteiger partial charge in [-0.3, -0.25) is 0 Å². The number of likely N-dealkylation sites (N-methyl/N-ethyl adjacent to an activating group) is 1. The SMILES string of the molecule is CCN(CC)CCOC(C)(c1ccccc1)c1ccc(Cl)cc1. The van der Waals surface area contributed by atoms with Crippen molar-refractivity contribution in [2.24, 2.45) is 0 Å². The van der Waals surface area contributed by atoms with Gasteiger partial charge >= 0.3 is 0 Å². The van der Waals surface area contributed by atoms with Crippen molar-refractivity contribution in [1.82, 2.24) is 4.90 Å². The van der Waals surface area contributed by atoms with Crippen LogP contribution in [0.5, 0.6) is 0 Å². The van der Waals surface area contributed by atoms with E-state index in [-0.39, 0.29) is 0 Å². The van der Waals surface area contributed by atoms with Gasteiger partial charge in [-0.05, 0) is 43.3 Å². The molecule has 1 atom stereocenters. The lowest BCUT2D eigenvalue weighted by Gasteiger charge is -2.32. The van der Waals surface area contributed by atoms with E-state index >= 15 is 0 Å². The Kier molecular flexibility index (Phi) is 6.64. The summed E-state index contributed by atoms with van der Waals surface area (Å²) in [6.45, 7) is 10.2. The van der Waals surface area contributed by atoms with Crippen LogP contribution in [0.25, 0.3) is 0 Å². The highest BCUT2D eigenvalue weighted by molar-refractivity contribution is 6.30. The molecule has 0 saturated heterocycles. The summed E-state index contributed by atoms with van der Waals surface area (Å²) in [5, 5.41) is 0.743. The van der Waals surface area contributed by atoms with Gasteiger partial charge in [0.25, 0.3) is 0 Å². The van der Waals surface area contributed by atoms with Crippen LogP contribution in [0.4, 0.5) is 0 Å². The predicted molar refractivity (Wildman–Crippen MR) is 98.1 cm³/mol. The Balaban J connectivity index is 2.23. The lowest BCUT2D eigenvalue weighted by molar-refractivity contribution is -0.0135. The lowest BCUT2D eigenvalue weighted by Crippen LogP contribution is -2.33. The van der Waals surface area contributed by atoms with Crippen LogP contribution in [-0.2, 0) is 10.3 Å². The van der Waals surface area contributed by atoms with E-state index in [4.69, 9.17) is 16.3 Å². The van der Waals surface area contributed by atoms with Crippen molar-refractivity contribution in [3.05, 3.63) is 70.7 Å². The van der Waals surface area contributed by atoms with Crippen LogP contribution in [-0.4, -0.2) is 31.1 Å². The molecule has 0 saturated carbocycles. The van der Waals surface area contributed by atoms with Gasteiger partial charge in [-0.15, -0.1) is 0 Å². The minimum Gasteiger partial charge on any atom is -0.365 e. The highest BCUT2D eigenvalue weighted by Gasteiger charge is 2.29. The molecule has 2 aromatic rings. The number of hydrogen-bond acceptors (Lipinski definition) is 2. The van der Waals surface area contributed by atoms with Gasteiger partial charge in [0, 0.05) is 11.6 Å². The molecule has 0 aromatic heterocycles. The molecule has 124 valence electrons. The second-order valence-electron chi connectivity index (χ2n) is 5.78. The maximum Gasteiger partial charge on any atom is 0.115 e. The zero-order valence-corrected chi connectivity index (χ0v) is 15.0. The van der Waals surface area contributed by atoms with E-state index < -0.39 is 5.60 Å². The summed E-state index contributed by atoms with van der Waals surface area (Å²) in [6, 6.07) is 18.3. The predicted octanol–water partition coefficient (Wildman–Crippen LogP) is 4.96. The minimum atomic E-state index is -0.473. The fourth-order valence-electron chi connectivity index (χ4n) is 2.78. The molecule has 0 heterocycles. The molecule has 1 unspecified atom stereocenters. The first-order chi connectivity index (χ1) is 11.1. The summed E-state index contributed by atoms with van der Waals surface area (Å²) < 4.78 is 6.39. The molecular weight excluding hydrogens is 306 g/mol. The van der Waals surface area contributed by atoms with Gasteiger partial charge in [0.2, 0.25) is 0 Å². The highest BCUT2D eigenvalue weighted by Crippen LogP contribution is 2.33. The summed E-state index contributed by atoms with van der Waals surface area (Å²) in [4.78, 5) is 2.37. The van der Waals surface area contributed by atoms with Crippen molar-refractivity contribution in [3.63, 3.8) is 0 Å². The van der Waals surface area contributed by atoms with E-state index in [2.05, 4.69) is 49.9 Å². The van der Waals surface area contributed by atoms with Crippen LogP contribution in [0.3, 0.4) is 0 Å². The first kappa shape index (κ1) is 18.0. The average molecular weight is 332 g/mol. The summed E-state index contributed by atoms with van der Waals surface area (Å²) in [5.74, 6) is 0. The summed E-state index contributed by atoms with van der Waals surface area (Å²) in [5.41, 5.74) is 1.80. The molecule has 2 aromatic carbocycles. The third-order valence-corrected chi connectivity index (χ3v) is 4.66. The van der Waals surface area contributed by atoms with Gasteiger partial charge in [-0.1, -0.05) is 67.9 Å². The average Bonchev–Trinajstić information content (AvgIpc) is 2.60. The molecule has 2 rings (SSSR count). The van der Waals surface area contributed by atoms with Crippen LogP contribution >= 0.6 is 11.6 Å². The Labute approximate surface area is 145 Å². The van der Waals surface area contributed by atoms with Gasteiger partial charge in [0.05, 0.1) is 6.61 Å². The third-order valence-electron chi connectivity index (χ3n) is 4.41. The number of benzene rings is 2. The normalized spacial score (nSPS) is 14.0. The van der Waals surface area contributed by atoms with Crippen molar-refractivity contribution in [1.29, 1.82) is 0 Å². The smallest absolute Gasteiger partial charge is 0.115 e. The number of hydrogen-bond donors (Lipinski definition) is 0. The molecule has 0 fully saturated rings. The lowest BCUT2D eigenvalue weighted by atomic mass is 9.88. The van der Waals surface area contributed by atoms with E-state index in [1.807, 2.05) is 30.3 Å². The first-order valence-corrected chi connectivity index (χ1v) is 8.65. The molecule has 3 heteroatoms. The Hall–Kier alpha value is -1.35. The van der Waals surface area contributed by atoms with Gasteiger partial charge in [0.1, 0.15) is 5.60 Å². The summed E-state index contributed by atoms with van der Waals surface area (Å²) in [6.07, 6.45) is 0. The second kappa shape index (κ2) is 8.49. The standard InChI is InChI=1S/C20H26ClNO/c1-4-22(5-2)15-16-23-20(3,17-9-7-6-8-10-17)18-11-13-19(21)14-12-18/h6-14H,4-5,15-16H2,1-3H3. The van der Waals surface area contributed by atoms with Crippen LogP contribution in [0, 0.1) is 0 Å². The van der Waals surface area contributed by atoms with E-state index in [1.165, 1.54) is 0 Å². The maximum absolute atomic E-state index is 6.39. The van der Waals surface area contributed by atoms with Gasteiger partial charge in [-0.2, -0.15) is 0 Å². The molecule has 0 amide bonds. The molecule has 0 aliphatic rings. The molecule has 0 aliphatic carbocycles. The molecule has 2 nitrogen and oxygen atoms in total. The van der Waals surface area contributed by atoms with E-state index in [0.717, 1.165) is 35.8 Å². The molecule has 0 aliphatic heterocycles.